The Kier molecular flexibility index (Phi) is 3.78. The lowest BCUT2D eigenvalue weighted by Gasteiger charge is -2.19. The molecule has 122 valence electrons. The Balaban J connectivity index is 1.67. The maximum atomic E-state index is 13.0. The number of aliphatic hydroxyl groups excluding tert-OH is 1. The number of hydrogen-bond acceptors (Lipinski definition) is 5. The Hall–Kier alpha value is -2.31. The second-order valence-corrected chi connectivity index (χ2v) is 6.90. The molecule has 0 spiro atoms. The minimum Gasteiger partial charge on any atom is -0.389 e. The largest absolute Gasteiger partial charge is 0.389 e. The van der Waals surface area contributed by atoms with Gasteiger partial charge in [-0.05, 0) is 48.7 Å². The van der Waals surface area contributed by atoms with E-state index in [1.165, 1.54) is 0 Å². The third kappa shape index (κ3) is 2.48. The lowest BCUT2D eigenvalue weighted by molar-refractivity contribution is -0.118. The third-order valence-electron chi connectivity index (χ3n) is 4.54. The zero-order chi connectivity index (χ0) is 16.7. The predicted octanol–water partition coefficient (Wildman–Crippen LogP) is 3.27. The molecule has 1 aromatic carbocycles. The van der Waals surface area contributed by atoms with Crippen molar-refractivity contribution < 1.29 is 9.90 Å². The highest BCUT2D eigenvalue weighted by Gasteiger charge is 2.35. The van der Waals surface area contributed by atoms with Crippen LogP contribution in [0.1, 0.15) is 36.5 Å². The number of amides is 1. The van der Waals surface area contributed by atoms with E-state index in [0.717, 1.165) is 33.5 Å². The van der Waals surface area contributed by atoms with Crippen molar-refractivity contribution in [3.63, 3.8) is 0 Å². The molecule has 3 aromatic rings. The van der Waals surface area contributed by atoms with Crippen molar-refractivity contribution in [3.05, 3.63) is 53.3 Å². The van der Waals surface area contributed by atoms with Gasteiger partial charge in [0.15, 0.2) is 0 Å². The van der Waals surface area contributed by atoms with Gasteiger partial charge in [-0.15, -0.1) is 11.3 Å². The minimum absolute atomic E-state index is 0.0637. The molecule has 0 bridgehead atoms. The van der Waals surface area contributed by atoms with Crippen LogP contribution in [0.2, 0.25) is 0 Å². The van der Waals surface area contributed by atoms with Gasteiger partial charge in [0.2, 0.25) is 5.91 Å². The molecule has 1 amide bonds. The van der Waals surface area contributed by atoms with Crippen LogP contribution in [0.3, 0.4) is 0 Å². The number of benzene rings is 1. The topological polar surface area (TPSA) is 66.3 Å². The summed E-state index contributed by atoms with van der Waals surface area (Å²) in [5.74, 6) is -0.186. The SMILES string of the molecule is CC(O)c1ccncc1C1CCN(c2ccc3ncsc3c2)C1=O. The molecule has 6 heteroatoms. The van der Waals surface area contributed by atoms with Gasteiger partial charge in [0.05, 0.1) is 27.7 Å². The maximum Gasteiger partial charge on any atom is 0.234 e. The Labute approximate surface area is 143 Å². The summed E-state index contributed by atoms with van der Waals surface area (Å²) in [7, 11) is 0. The number of fused-ring (bicyclic) bond motifs is 1. The number of thiazole rings is 1. The molecule has 5 nitrogen and oxygen atoms in total. The van der Waals surface area contributed by atoms with E-state index in [1.54, 1.807) is 36.7 Å². The predicted molar refractivity (Wildman–Crippen MR) is 94.2 cm³/mol. The molecule has 1 saturated heterocycles. The third-order valence-corrected chi connectivity index (χ3v) is 5.34. The first-order chi connectivity index (χ1) is 11.6. The van der Waals surface area contributed by atoms with Crippen molar-refractivity contribution in [2.24, 2.45) is 0 Å². The van der Waals surface area contributed by atoms with Crippen LogP contribution in [-0.2, 0) is 4.79 Å². The average Bonchev–Trinajstić information content (AvgIpc) is 3.20. The summed E-state index contributed by atoms with van der Waals surface area (Å²) >= 11 is 1.57. The standard InChI is InChI=1S/C18H17N3O2S/c1-11(22)13-4-6-19-9-15(13)14-5-7-21(18(14)23)12-2-3-16-17(8-12)24-10-20-16/h2-4,6,8-11,14,22H,5,7H2,1H3. The zero-order valence-electron chi connectivity index (χ0n) is 13.2. The summed E-state index contributed by atoms with van der Waals surface area (Å²) in [5.41, 5.74) is 5.28. The fourth-order valence-corrected chi connectivity index (χ4v) is 4.04. The van der Waals surface area contributed by atoms with Gasteiger partial charge in [0.1, 0.15) is 0 Å². The van der Waals surface area contributed by atoms with Crippen LogP contribution in [0, 0.1) is 0 Å². The number of carbonyl (C=O) groups excluding carboxylic acids is 1. The Morgan fingerprint density at radius 2 is 2.25 bits per heavy atom. The molecule has 1 fully saturated rings. The second-order valence-electron chi connectivity index (χ2n) is 6.02. The lowest BCUT2D eigenvalue weighted by atomic mass is 9.93. The highest BCUT2D eigenvalue weighted by Crippen LogP contribution is 2.36. The highest BCUT2D eigenvalue weighted by atomic mass is 32.1. The number of rotatable bonds is 3. The number of anilines is 1. The molecular weight excluding hydrogens is 322 g/mol. The average molecular weight is 339 g/mol. The van der Waals surface area contributed by atoms with Gasteiger partial charge in [-0.3, -0.25) is 9.78 Å². The summed E-state index contributed by atoms with van der Waals surface area (Å²) in [6.07, 6.45) is 3.48. The van der Waals surface area contributed by atoms with Crippen LogP contribution >= 0.6 is 11.3 Å². The van der Waals surface area contributed by atoms with E-state index in [1.807, 2.05) is 28.6 Å². The molecule has 0 aliphatic carbocycles. The fourth-order valence-electron chi connectivity index (χ4n) is 3.33. The summed E-state index contributed by atoms with van der Waals surface area (Å²) in [4.78, 5) is 23.2. The van der Waals surface area contributed by atoms with Crippen LogP contribution in [0.5, 0.6) is 0 Å². The normalized spacial score (nSPS) is 19.2. The molecule has 3 heterocycles. The van der Waals surface area contributed by atoms with Gasteiger partial charge in [-0.2, -0.15) is 0 Å². The molecule has 1 N–H and O–H groups in total. The molecular formula is C18H17N3O2S. The summed E-state index contributed by atoms with van der Waals surface area (Å²) in [6, 6.07) is 7.71. The number of aromatic nitrogens is 2. The van der Waals surface area contributed by atoms with Crippen LogP contribution in [0.25, 0.3) is 10.2 Å². The number of pyridine rings is 1. The lowest BCUT2D eigenvalue weighted by Crippen LogP contribution is -2.26. The van der Waals surface area contributed by atoms with Gasteiger partial charge in [-0.25, -0.2) is 4.98 Å². The highest BCUT2D eigenvalue weighted by molar-refractivity contribution is 7.16. The van der Waals surface area contributed by atoms with Gasteiger partial charge in [0.25, 0.3) is 0 Å². The van der Waals surface area contributed by atoms with E-state index in [2.05, 4.69) is 9.97 Å². The molecule has 2 atom stereocenters. The minimum atomic E-state index is -0.613. The van der Waals surface area contributed by atoms with Gasteiger partial charge < -0.3 is 10.0 Å². The molecule has 1 aliphatic rings. The monoisotopic (exact) mass is 339 g/mol. The summed E-state index contributed by atoms with van der Waals surface area (Å²) < 4.78 is 1.08. The van der Waals surface area contributed by atoms with E-state index >= 15 is 0 Å². The fraction of sp³-hybridized carbons (Fsp3) is 0.278. The Morgan fingerprint density at radius 1 is 1.38 bits per heavy atom. The van der Waals surface area contributed by atoms with Crippen molar-refractivity contribution in [2.75, 3.05) is 11.4 Å². The molecule has 0 saturated carbocycles. The first kappa shape index (κ1) is 15.2. The zero-order valence-corrected chi connectivity index (χ0v) is 14.0. The quantitative estimate of drug-likeness (QED) is 0.795. The van der Waals surface area contributed by atoms with E-state index < -0.39 is 6.10 Å². The Bertz CT molecular complexity index is 906. The van der Waals surface area contributed by atoms with E-state index in [4.69, 9.17) is 0 Å². The molecule has 1 aliphatic heterocycles. The van der Waals surface area contributed by atoms with Gasteiger partial charge in [-0.1, -0.05) is 0 Å². The van der Waals surface area contributed by atoms with Crippen molar-refractivity contribution >= 4 is 33.1 Å². The van der Waals surface area contributed by atoms with Crippen LogP contribution in [0.4, 0.5) is 5.69 Å². The molecule has 24 heavy (non-hydrogen) atoms. The van der Waals surface area contributed by atoms with Crippen molar-refractivity contribution in [1.29, 1.82) is 0 Å². The number of hydrogen-bond donors (Lipinski definition) is 1. The molecule has 4 rings (SSSR count). The van der Waals surface area contributed by atoms with E-state index in [0.29, 0.717) is 6.54 Å². The van der Waals surface area contributed by atoms with Crippen molar-refractivity contribution in [3.8, 4) is 0 Å². The molecule has 0 radical (unpaired) electrons. The number of carbonyl (C=O) groups is 1. The van der Waals surface area contributed by atoms with Crippen molar-refractivity contribution in [1.82, 2.24) is 9.97 Å². The summed E-state index contributed by atoms with van der Waals surface area (Å²) in [6.45, 7) is 2.38. The number of aliphatic hydroxyl groups is 1. The first-order valence-corrected chi connectivity index (χ1v) is 8.79. The summed E-state index contributed by atoms with van der Waals surface area (Å²) in [5, 5.41) is 9.97. The maximum absolute atomic E-state index is 13.0. The van der Waals surface area contributed by atoms with E-state index in [9.17, 15) is 9.90 Å². The second kappa shape index (κ2) is 5.96. The number of nitrogens with zero attached hydrogens (tertiary/aromatic N) is 3. The molecule has 2 unspecified atom stereocenters. The Morgan fingerprint density at radius 3 is 3.08 bits per heavy atom. The van der Waals surface area contributed by atoms with E-state index in [-0.39, 0.29) is 11.8 Å². The van der Waals surface area contributed by atoms with Crippen molar-refractivity contribution in [2.45, 2.75) is 25.4 Å². The first-order valence-electron chi connectivity index (χ1n) is 7.91. The van der Waals surface area contributed by atoms with Crippen LogP contribution in [0.15, 0.2) is 42.2 Å². The van der Waals surface area contributed by atoms with Gasteiger partial charge >= 0.3 is 0 Å². The smallest absolute Gasteiger partial charge is 0.234 e. The molecule has 2 aromatic heterocycles. The van der Waals surface area contributed by atoms with Crippen LogP contribution in [-0.4, -0.2) is 27.5 Å². The van der Waals surface area contributed by atoms with Crippen LogP contribution < -0.4 is 4.90 Å². The van der Waals surface area contributed by atoms with Gasteiger partial charge in [0, 0.05) is 24.6 Å².